The Hall–Kier alpha value is -1.81. The van der Waals surface area contributed by atoms with Crippen LogP contribution in [-0.2, 0) is 17.9 Å². The van der Waals surface area contributed by atoms with Crippen LogP contribution in [0.1, 0.15) is 39.2 Å². The molecule has 0 spiro atoms. The maximum absolute atomic E-state index is 11.5. The van der Waals surface area contributed by atoms with Crippen molar-refractivity contribution >= 4 is 16.9 Å². The number of nitrogens with one attached hydrogen (secondary N) is 1. The summed E-state index contributed by atoms with van der Waals surface area (Å²) in [4.78, 5) is 11.5. The van der Waals surface area contributed by atoms with Crippen molar-refractivity contribution in [1.29, 1.82) is 0 Å². The molecule has 114 valence electrons. The van der Waals surface area contributed by atoms with Gasteiger partial charge in [0, 0.05) is 30.2 Å². The average molecular weight is 288 g/mol. The molecule has 2 N–H and O–H groups in total. The van der Waals surface area contributed by atoms with E-state index in [2.05, 4.69) is 35.1 Å². The van der Waals surface area contributed by atoms with Crippen molar-refractivity contribution in [2.45, 2.75) is 52.2 Å². The number of aliphatic carboxylic acids is 1. The van der Waals surface area contributed by atoms with Crippen molar-refractivity contribution in [3.05, 3.63) is 36.0 Å². The number of aryl methyl sites for hydroxylation is 1. The van der Waals surface area contributed by atoms with Crippen molar-refractivity contribution in [2.75, 3.05) is 0 Å². The van der Waals surface area contributed by atoms with Gasteiger partial charge in [-0.25, -0.2) is 0 Å². The molecule has 1 aromatic heterocycles. The lowest BCUT2D eigenvalue weighted by molar-refractivity contribution is -0.144. The highest BCUT2D eigenvalue weighted by Gasteiger charge is 2.31. The van der Waals surface area contributed by atoms with Gasteiger partial charge in [-0.15, -0.1) is 0 Å². The average Bonchev–Trinajstić information content (AvgIpc) is 2.83. The van der Waals surface area contributed by atoms with Gasteiger partial charge >= 0.3 is 5.97 Å². The molecule has 0 aliphatic rings. The summed E-state index contributed by atoms with van der Waals surface area (Å²) in [5.41, 5.74) is 1.48. The van der Waals surface area contributed by atoms with Crippen molar-refractivity contribution < 1.29 is 9.90 Å². The number of hydrogen-bond donors (Lipinski definition) is 2. The van der Waals surface area contributed by atoms with Gasteiger partial charge in [-0.2, -0.15) is 0 Å². The van der Waals surface area contributed by atoms with Gasteiger partial charge in [0.05, 0.1) is 0 Å². The van der Waals surface area contributed by atoms with E-state index >= 15 is 0 Å². The second-order valence-electron chi connectivity index (χ2n) is 5.70. The molecule has 1 unspecified atom stereocenters. The van der Waals surface area contributed by atoms with Crippen molar-refractivity contribution in [2.24, 2.45) is 0 Å². The predicted molar refractivity (Wildman–Crippen MR) is 85.4 cm³/mol. The van der Waals surface area contributed by atoms with Gasteiger partial charge in [-0.05, 0) is 31.9 Å². The molecular formula is C17H24N2O2. The first-order valence-electron chi connectivity index (χ1n) is 7.57. The van der Waals surface area contributed by atoms with Crippen molar-refractivity contribution in [3.8, 4) is 0 Å². The molecule has 2 aromatic rings. The molecule has 0 aliphatic heterocycles. The second kappa shape index (κ2) is 6.31. The predicted octanol–water partition coefficient (Wildman–Crippen LogP) is 3.39. The zero-order chi connectivity index (χ0) is 15.5. The number of carbonyl (C=O) groups is 1. The summed E-state index contributed by atoms with van der Waals surface area (Å²) in [5.74, 6) is -0.788. The first-order chi connectivity index (χ1) is 10.0. The Labute approximate surface area is 125 Å². The van der Waals surface area contributed by atoms with Gasteiger partial charge in [0.1, 0.15) is 5.54 Å². The fourth-order valence-electron chi connectivity index (χ4n) is 2.79. The molecule has 0 fully saturated rings. The third kappa shape index (κ3) is 3.10. The van der Waals surface area contributed by atoms with Gasteiger partial charge in [0.2, 0.25) is 0 Å². The van der Waals surface area contributed by atoms with Gasteiger partial charge in [0.25, 0.3) is 0 Å². The molecule has 0 bridgehead atoms. The zero-order valence-electron chi connectivity index (χ0n) is 13.0. The fraction of sp³-hybridized carbons (Fsp3) is 0.471. The summed E-state index contributed by atoms with van der Waals surface area (Å²) in [5, 5.41) is 13.9. The van der Waals surface area contributed by atoms with Crippen LogP contribution in [0.3, 0.4) is 0 Å². The minimum absolute atomic E-state index is 0.566. The standard InChI is InChI=1S/C17H24N2O2/c1-4-10-17(3,16(20)21)18-11-13-12-19(5-2)15-9-7-6-8-14(13)15/h6-9,12,18H,4-5,10-11H2,1-3H3,(H,20,21). The largest absolute Gasteiger partial charge is 0.480 e. The highest BCUT2D eigenvalue weighted by molar-refractivity contribution is 5.84. The van der Waals surface area contributed by atoms with Crippen LogP contribution in [0.4, 0.5) is 0 Å². The highest BCUT2D eigenvalue weighted by atomic mass is 16.4. The van der Waals surface area contributed by atoms with E-state index in [1.807, 2.05) is 19.1 Å². The van der Waals surface area contributed by atoms with Gasteiger partial charge in [-0.3, -0.25) is 10.1 Å². The van der Waals surface area contributed by atoms with Crippen LogP contribution in [0, 0.1) is 0 Å². The maximum atomic E-state index is 11.5. The summed E-state index contributed by atoms with van der Waals surface area (Å²) in [6.45, 7) is 7.35. The lowest BCUT2D eigenvalue weighted by atomic mass is 9.96. The summed E-state index contributed by atoms with van der Waals surface area (Å²) in [6.07, 6.45) is 3.58. The quantitative estimate of drug-likeness (QED) is 0.821. The zero-order valence-corrected chi connectivity index (χ0v) is 13.0. The Morgan fingerprint density at radius 3 is 2.67 bits per heavy atom. The minimum atomic E-state index is -0.871. The van der Waals surface area contributed by atoms with E-state index in [0.29, 0.717) is 13.0 Å². The van der Waals surface area contributed by atoms with Crippen LogP contribution >= 0.6 is 0 Å². The number of para-hydroxylation sites is 1. The Balaban J connectivity index is 2.26. The third-order valence-electron chi connectivity index (χ3n) is 4.10. The maximum Gasteiger partial charge on any atom is 0.323 e. The van der Waals surface area contributed by atoms with Gasteiger partial charge in [-0.1, -0.05) is 31.5 Å². The number of nitrogens with zero attached hydrogens (tertiary/aromatic N) is 1. The molecular weight excluding hydrogens is 264 g/mol. The highest BCUT2D eigenvalue weighted by Crippen LogP contribution is 2.22. The van der Waals surface area contributed by atoms with E-state index in [4.69, 9.17) is 0 Å². The van der Waals surface area contributed by atoms with E-state index in [1.54, 1.807) is 6.92 Å². The number of fused-ring (bicyclic) bond motifs is 1. The van der Waals surface area contributed by atoms with Crippen molar-refractivity contribution in [1.82, 2.24) is 9.88 Å². The van der Waals surface area contributed by atoms with Crippen LogP contribution in [-0.4, -0.2) is 21.2 Å². The minimum Gasteiger partial charge on any atom is -0.480 e. The van der Waals surface area contributed by atoms with Crippen LogP contribution < -0.4 is 5.32 Å². The number of aromatic nitrogens is 1. The summed E-state index contributed by atoms with van der Waals surface area (Å²) in [6, 6.07) is 8.25. The Morgan fingerprint density at radius 2 is 2.05 bits per heavy atom. The molecule has 4 heteroatoms. The summed E-state index contributed by atoms with van der Waals surface area (Å²) < 4.78 is 2.20. The normalized spacial score (nSPS) is 14.2. The third-order valence-corrected chi connectivity index (χ3v) is 4.10. The molecule has 1 heterocycles. The monoisotopic (exact) mass is 288 g/mol. The van der Waals surface area contributed by atoms with Crippen LogP contribution in [0.25, 0.3) is 10.9 Å². The SMILES string of the molecule is CCCC(C)(NCc1cn(CC)c2ccccc12)C(=O)O. The van der Waals surface area contributed by atoms with E-state index in [0.717, 1.165) is 18.5 Å². The van der Waals surface area contributed by atoms with E-state index in [9.17, 15) is 9.90 Å². The molecule has 4 nitrogen and oxygen atoms in total. The number of hydrogen-bond acceptors (Lipinski definition) is 2. The van der Waals surface area contributed by atoms with Gasteiger partial charge < -0.3 is 9.67 Å². The van der Waals surface area contributed by atoms with Crippen LogP contribution in [0.2, 0.25) is 0 Å². The number of carboxylic acids is 1. The first kappa shape index (κ1) is 15.6. The van der Waals surface area contributed by atoms with E-state index in [-0.39, 0.29) is 0 Å². The fourth-order valence-corrected chi connectivity index (χ4v) is 2.79. The smallest absolute Gasteiger partial charge is 0.323 e. The van der Waals surface area contributed by atoms with Crippen molar-refractivity contribution in [3.63, 3.8) is 0 Å². The van der Waals surface area contributed by atoms with Crippen LogP contribution in [0.5, 0.6) is 0 Å². The number of rotatable bonds is 7. The first-order valence-corrected chi connectivity index (χ1v) is 7.57. The number of carboxylic acid groups (broad SMARTS) is 1. The van der Waals surface area contributed by atoms with Crippen LogP contribution in [0.15, 0.2) is 30.5 Å². The molecule has 2 rings (SSSR count). The second-order valence-corrected chi connectivity index (χ2v) is 5.70. The molecule has 21 heavy (non-hydrogen) atoms. The Bertz CT molecular complexity index is 633. The Morgan fingerprint density at radius 1 is 1.33 bits per heavy atom. The molecule has 0 radical (unpaired) electrons. The molecule has 0 saturated heterocycles. The summed E-state index contributed by atoms with van der Waals surface area (Å²) in [7, 11) is 0. The Kier molecular flexibility index (Phi) is 4.68. The van der Waals surface area contributed by atoms with Gasteiger partial charge in [0.15, 0.2) is 0 Å². The topological polar surface area (TPSA) is 54.3 Å². The van der Waals surface area contributed by atoms with E-state index in [1.165, 1.54) is 10.9 Å². The lowest BCUT2D eigenvalue weighted by Crippen LogP contribution is -2.48. The molecule has 0 saturated carbocycles. The van der Waals surface area contributed by atoms with E-state index < -0.39 is 11.5 Å². The summed E-state index contributed by atoms with van der Waals surface area (Å²) >= 11 is 0. The molecule has 0 aliphatic carbocycles. The number of benzene rings is 1. The lowest BCUT2D eigenvalue weighted by Gasteiger charge is -2.25. The molecule has 1 atom stereocenters. The molecule has 1 aromatic carbocycles. The molecule has 0 amide bonds.